The van der Waals surface area contributed by atoms with Gasteiger partial charge in [0.05, 0.1) is 10.4 Å². The largest absolute Gasteiger partial charge is 0.490 e. The van der Waals surface area contributed by atoms with Crippen LogP contribution >= 0.6 is 0 Å². The molecule has 3 aliphatic rings. The molecular weight excluding hydrogens is 604 g/mol. The molecule has 2 aromatic rings. The molecular formula is C27H35F6N5O4S. The van der Waals surface area contributed by atoms with Crippen molar-refractivity contribution in [1.82, 2.24) is 19.5 Å². The summed E-state index contributed by atoms with van der Waals surface area (Å²) in [6.07, 6.45) is -3.70. The van der Waals surface area contributed by atoms with Gasteiger partial charge in [-0.3, -0.25) is 4.90 Å². The summed E-state index contributed by atoms with van der Waals surface area (Å²) in [6.45, 7) is 3.19. The summed E-state index contributed by atoms with van der Waals surface area (Å²) < 4.78 is 101. The van der Waals surface area contributed by atoms with Crippen LogP contribution in [0.3, 0.4) is 0 Å². The number of aliphatic carboxylic acids is 1. The van der Waals surface area contributed by atoms with Gasteiger partial charge in [-0.2, -0.15) is 26.3 Å². The Kier molecular flexibility index (Phi) is 10.1. The molecule has 3 aliphatic heterocycles. The number of hydrogen-bond acceptors (Lipinski definition) is 7. The number of benzene rings is 1. The highest BCUT2D eigenvalue weighted by Gasteiger charge is 2.45. The molecule has 240 valence electrons. The third-order valence-electron chi connectivity index (χ3n) is 8.31. The molecule has 0 bridgehead atoms. The second kappa shape index (κ2) is 13.1. The molecule has 43 heavy (non-hydrogen) atoms. The molecule has 0 radical (unpaired) electrons. The average molecular weight is 640 g/mol. The summed E-state index contributed by atoms with van der Waals surface area (Å²) in [7, 11) is -2.20. The summed E-state index contributed by atoms with van der Waals surface area (Å²) in [4.78, 5) is 19.1. The molecule has 0 aliphatic carbocycles. The van der Waals surface area contributed by atoms with Crippen LogP contribution < -0.4 is 9.62 Å². The van der Waals surface area contributed by atoms with Crippen molar-refractivity contribution >= 4 is 32.7 Å². The minimum atomic E-state index is -5.08. The molecule has 0 amide bonds. The zero-order chi connectivity index (χ0) is 31.6. The minimum Gasteiger partial charge on any atom is -0.475 e. The van der Waals surface area contributed by atoms with E-state index in [2.05, 4.69) is 14.6 Å². The SMILES string of the molecule is CN1CCN(c2ccc3cc(S(=O)(=O)NC[C@@H]4CCCN5CCCC[C@H]45)ccc3n2)CC1C(F)(F)F.O=C(O)C(F)(F)F. The van der Waals surface area contributed by atoms with E-state index in [1.54, 1.807) is 29.2 Å². The normalized spacial score (nSPS) is 24.3. The van der Waals surface area contributed by atoms with Crippen LogP contribution in [0, 0.1) is 5.92 Å². The lowest BCUT2D eigenvalue weighted by molar-refractivity contribution is -0.192. The van der Waals surface area contributed by atoms with Gasteiger partial charge in [0.1, 0.15) is 11.9 Å². The van der Waals surface area contributed by atoms with Gasteiger partial charge in [-0.1, -0.05) is 6.42 Å². The van der Waals surface area contributed by atoms with Gasteiger partial charge in [-0.25, -0.2) is 22.9 Å². The number of pyridine rings is 1. The number of nitrogens with zero attached hydrogens (tertiary/aromatic N) is 4. The van der Waals surface area contributed by atoms with Crippen molar-refractivity contribution in [3.63, 3.8) is 0 Å². The van der Waals surface area contributed by atoms with E-state index >= 15 is 0 Å². The maximum Gasteiger partial charge on any atom is 0.490 e. The highest BCUT2D eigenvalue weighted by molar-refractivity contribution is 7.89. The molecule has 0 spiro atoms. The van der Waals surface area contributed by atoms with Crippen molar-refractivity contribution in [2.45, 2.75) is 61.4 Å². The number of alkyl halides is 6. The molecule has 4 heterocycles. The number of nitrogens with one attached hydrogen (secondary N) is 1. The van der Waals surface area contributed by atoms with E-state index in [1.165, 1.54) is 30.9 Å². The number of carboxylic acid groups (broad SMARTS) is 1. The highest BCUT2D eigenvalue weighted by Crippen LogP contribution is 2.32. The van der Waals surface area contributed by atoms with E-state index in [0.717, 1.165) is 32.4 Å². The first kappa shape index (κ1) is 33.2. The van der Waals surface area contributed by atoms with Gasteiger partial charge < -0.3 is 14.9 Å². The van der Waals surface area contributed by atoms with Gasteiger partial charge in [0, 0.05) is 37.6 Å². The monoisotopic (exact) mass is 639 g/mol. The van der Waals surface area contributed by atoms with Crippen LogP contribution in [-0.4, -0.2) is 105 Å². The van der Waals surface area contributed by atoms with Crippen molar-refractivity contribution in [1.29, 1.82) is 0 Å². The standard InChI is InChI=1S/C25H34F3N5O2S.C2HF3O2/c1-31-13-14-33(17-23(31)25(26,27)28)24-10-7-18-15-20(8-9-21(18)30-24)36(34,35)29-16-19-5-4-12-32-11-3-2-6-22(19)32;3-2(4,5)1(6)7/h7-10,15,19,22-23,29H,2-6,11-14,16-17H2,1H3;(H,6,7)/t19-,22+,23?;/m0./s1. The Morgan fingerprint density at radius 1 is 1.00 bits per heavy atom. The second-order valence-electron chi connectivity index (χ2n) is 11.2. The van der Waals surface area contributed by atoms with E-state index in [4.69, 9.17) is 9.90 Å². The molecule has 1 aromatic carbocycles. The predicted octanol–water partition coefficient (Wildman–Crippen LogP) is 4.09. The Bertz CT molecular complexity index is 1390. The molecule has 5 rings (SSSR count). The number of fused-ring (bicyclic) bond motifs is 2. The fourth-order valence-corrected chi connectivity index (χ4v) is 7.12. The number of sulfonamides is 1. The molecule has 16 heteroatoms. The molecule has 9 nitrogen and oxygen atoms in total. The number of anilines is 1. The lowest BCUT2D eigenvalue weighted by Gasteiger charge is -2.44. The molecule has 3 fully saturated rings. The predicted molar refractivity (Wildman–Crippen MR) is 147 cm³/mol. The number of rotatable bonds is 5. The number of carboxylic acids is 1. The Morgan fingerprint density at radius 2 is 1.70 bits per heavy atom. The summed E-state index contributed by atoms with van der Waals surface area (Å²) in [5.74, 6) is -1.97. The highest BCUT2D eigenvalue weighted by atomic mass is 32.2. The molecule has 3 atom stereocenters. The zero-order valence-corrected chi connectivity index (χ0v) is 24.4. The number of piperazine rings is 1. The van der Waals surface area contributed by atoms with Crippen LogP contribution in [-0.2, 0) is 14.8 Å². The Hall–Kier alpha value is -2.69. The first-order valence-electron chi connectivity index (χ1n) is 14.0. The first-order chi connectivity index (χ1) is 20.1. The van der Waals surface area contributed by atoms with Gasteiger partial charge in [0.2, 0.25) is 10.0 Å². The Labute approximate surface area is 245 Å². The number of aromatic nitrogens is 1. The summed E-state index contributed by atoms with van der Waals surface area (Å²) in [5.41, 5.74) is 0.555. The van der Waals surface area contributed by atoms with E-state index in [9.17, 15) is 34.8 Å². The quantitative estimate of drug-likeness (QED) is 0.472. The van der Waals surface area contributed by atoms with Gasteiger partial charge >= 0.3 is 18.3 Å². The smallest absolute Gasteiger partial charge is 0.475 e. The van der Waals surface area contributed by atoms with Crippen LogP contribution in [0.1, 0.15) is 32.1 Å². The minimum absolute atomic E-state index is 0.178. The number of halogens is 6. The fraction of sp³-hybridized carbons (Fsp3) is 0.630. The molecule has 1 aromatic heterocycles. The summed E-state index contributed by atoms with van der Waals surface area (Å²) >= 11 is 0. The third-order valence-corrected chi connectivity index (χ3v) is 9.73. The first-order valence-corrected chi connectivity index (χ1v) is 15.5. The summed E-state index contributed by atoms with van der Waals surface area (Å²) in [5, 5.41) is 7.76. The van der Waals surface area contributed by atoms with Crippen molar-refractivity contribution in [3.8, 4) is 0 Å². The van der Waals surface area contributed by atoms with Gasteiger partial charge in [-0.05, 0) is 82.1 Å². The number of carbonyl (C=O) groups is 1. The van der Waals surface area contributed by atoms with E-state index in [-0.39, 0.29) is 18.0 Å². The Morgan fingerprint density at radius 3 is 2.37 bits per heavy atom. The molecule has 3 saturated heterocycles. The summed E-state index contributed by atoms with van der Waals surface area (Å²) in [6, 6.07) is 7.06. The van der Waals surface area contributed by atoms with Gasteiger partial charge in [0.15, 0.2) is 0 Å². The lowest BCUT2D eigenvalue weighted by atomic mass is 9.84. The topological polar surface area (TPSA) is 106 Å². The van der Waals surface area contributed by atoms with Crippen LogP contribution in [0.5, 0.6) is 0 Å². The molecule has 0 saturated carbocycles. The van der Waals surface area contributed by atoms with Crippen molar-refractivity contribution < 1.29 is 44.7 Å². The lowest BCUT2D eigenvalue weighted by Crippen LogP contribution is -2.57. The van der Waals surface area contributed by atoms with Gasteiger partial charge in [0.25, 0.3) is 0 Å². The third kappa shape index (κ3) is 8.28. The van der Waals surface area contributed by atoms with Crippen LogP contribution in [0.2, 0.25) is 0 Å². The van der Waals surface area contributed by atoms with E-state index in [1.807, 2.05) is 0 Å². The van der Waals surface area contributed by atoms with E-state index < -0.39 is 34.4 Å². The van der Waals surface area contributed by atoms with Crippen LogP contribution in [0.15, 0.2) is 35.2 Å². The van der Waals surface area contributed by atoms with Crippen molar-refractivity contribution in [2.75, 3.05) is 51.2 Å². The zero-order valence-electron chi connectivity index (χ0n) is 23.5. The molecule has 2 N–H and O–H groups in total. The van der Waals surface area contributed by atoms with Crippen molar-refractivity contribution in [3.05, 3.63) is 30.3 Å². The fourth-order valence-electron chi connectivity index (χ4n) is 5.99. The average Bonchev–Trinajstić information content (AvgIpc) is 2.95. The molecule has 1 unspecified atom stereocenters. The van der Waals surface area contributed by atoms with Crippen molar-refractivity contribution in [2.24, 2.45) is 5.92 Å². The number of hydrogen-bond donors (Lipinski definition) is 2. The van der Waals surface area contributed by atoms with E-state index in [0.29, 0.717) is 41.8 Å². The number of likely N-dealkylation sites (N-methyl/N-ethyl adjacent to an activating group) is 1. The number of piperidine rings is 2. The maximum atomic E-state index is 13.4. The van der Waals surface area contributed by atoms with Crippen LogP contribution in [0.25, 0.3) is 10.9 Å². The maximum absolute atomic E-state index is 13.4. The Balaban J connectivity index is 0.000000541. The second-order valence-corrected chi connectivity index (χ2v) is 12.9. The van der Waals surface area contributed by atoms with Crippen LogP contribution in [0.4, 0.5) is 32.2 Å². The van der Waals surface area contributed by atoms with Gasteiger partial charge in [-0.15, -0.1) is 0 Å².